The van der Waals surface area contributed by atoms with Crippen LogP contribution in [0.3, 0.4) is 0 Å². The molecule has 8 heteroatoms. The number of piperidine rings is 1. The van der Waals surface area contributed by atoms with Gasteiger partial charge in [0.05, 0.1) is 5.75 Å². The molecule has 2 saturated heterocycles. The Balaban J connectivity index is 1.33. The summed E-state index contributed by atoms with van der Waals surface area (Å²) in [6.07, 6.45) is 1.09. The summed E-state index contributed by atoms with van der Waals surface area (Å²) in [6.45, 7) is 2.14. The van der Waals surface area contributed by atoms with E-state index in [1.165, 1.54) is 4.31 Å². The second kappa shape index (κ2) is 9.20. The highest BCUT2D eigenvalue weighted by atomic mass is 32.2. The largest absolute Gasteiger partial charge is 0.330 e. The molecule has 7 nitrogen and oxygen atoms in total. The fourth-order valence-electron chi connectivity index (χ4n) is 4.30. The van der Waals surface area contributed by atoms with E-state index >= 15 is 0 Å². The average molecular weight is 442 g/mol. The lowest BCUT2D eigenvalue weighted by Gasteiger charge is -2.41. The van der Waals surface area contributed by atoms with Crippen LogP contribution in [0.1, 0.15) is 24.0 Å². The molecule has 2 aliphatic heterocycles. The third-order valence-corrected chi connectivity index (χ3v) is 7.86. The number of benzene rings is 2. The fraction of sp³-hybridized carbons (Fsp3) is 0.391. The standard InChI is InChI=1S/C23H27N3O4S/c27-22-23(28)26(16-15-24(22)17-19-7-3-1-4-8-19)21-11-13-25(14-12-21)31(29,30)18-20-9-5-2-6-10-20/h1-10,21H,11-18H2. The van der Waals surface area contributed by atoms with E-state index in [1.807, 2.05) is 60.7 Å². The predicted molar refractivity (Wildman–Crippen MR) is 117 cm³/mol. The molecule has 0 radical (unpaired) electrons. The molecule has 2 fully saturated rings. The summed E-state index contributed by atoms with van der Waals surface area (Å²) in [5, 5.41) is 0. The Bertz CT molecular complexity index is 1020. The van der Waals surface area contributed by atoms with Gasteiger partial charge in [-0.25, -0.2) is 12.7 Å². The maximum absolute atomic E-state index is 12.8. The van der Waals surface area contributed by atoms with Crippen molar-refractivity contribution in [1.29, 1.82) is 0 Å². The minimum atomic E-state index is -3.40. The molecule has 2 aromatic carbocycles. The first kappa shape index (κ1) is 21.5. The van der Waals surface area contributed by atoms with Gasteiger partial charge in [-0.3, -0.25) is 9.59 Å². The van der Waals surface area contributed by atoms with Gasteiger partial charge in [0, 0.05) is 38.8 Å². The molecule has 0 bridgehead atoms. The van der Waals surface area contributed by atoms with Gasteiger partial charge in [0.1, 0.15) is 0 Å². The van der Waals surface area contributed by atoms with E-state index in [-0.39, 0.29) is 11.8 Å². The zero-order valence-electron chi connectivity index (χ0n) is 17.4. The minimum absolute atomic E-state index is 0.0198. The lowest BCUT2D eigenvalue weighted by atomic mass is 10.0. The van der Waals surface area contributed by atoms with Crippen LogP contribution in [-0.2, 0) is 31.9 Å². The van der Waals surface area contributed by atoms with Crippen molar-refractivity contribution in [2.24, 2.45) is 0 Å². The molecule has 0 unspecified atom stereocenters. The number of sulfonamides is 1. The van der Waals surface area contributed by atoms with E-state index in [2.05, 4.69) is 0 Å². The topological polar surface area (TPSA) is 78.0 Å². The van der Waals surface area contributed by atoms with E-state index in [9.17, 15) is 18.0 Å². The van der Waals surface area contributed by atoms with E-state index in [0.717, 1.165) is 11.1 Å². The molecule has 164 valence electrons. The van der Waals surface area contributed by atoms with Crippen molar-refractivity contribution < 1.29 is 18.0 Å². The number of carbonyl (C=O) groups excluding carboxylic acids is 2. The molecule has 0 spiro atoms. The molecule has 2 aromatic rings. The van der Waals surface area contributed by atoms with E-state index in [1.54, 1.807) is 9.80 Å². The Kier molecular flexibility index (Phi) is 6.38. The first-order valence-corrected chi connectivity index (χ1v) is 12.2. The first-order valence-electron chi connectivity index (χ1n) is 10.6. The first-order chi connectivity index (χ1) is 14.9. The number of hydrogen-bond donors (Lipinski definition) is 0. The zero-order valence-corrected chi connectivity index (χ0v) is 18.2. The molecule has 0 aliphatic carbocycles. The Labute approximate surface area is 183 Å². The summed E-state index contributed by atoms with van der Waals surface area (Å²) in [6, 6.07) is 18.7. The number of carbonyl (C=O) groups is 2. The number of piperazine rings is 1. The number of nitrogens with zero attached hydrogens (tertiary/aromatic N) is 3. The van der Waals surface area contributed by atoms with Crippen molar-refractivity contribution in [2.45, 2.75) is 31.2 Å². The smallest absolute Gasteiger partial charge is 0.312 e. The van der Waals surface area contributed by atoms with Gasteiger partial charge in [0.15, 0.2) is 0 Å². The highest BCUT2D eigenvalue weighted by Crippen LogP contribution is 2.23. The molecule has 2 heterocycles. The molecular weight excluding hydrogens is 414 g/mol. The third-order valence-electron chi connectivity index (χ3n) is 6.01. The van der Waals surface area contributed by atoms with Crippen LogP contribution in [0.2, 0.25) is 0 Å². The highest BCUT2D eigenvalue weighted by Gasteiger charge is 2.38. The number of rotatable bonds is 6. The van der Waals surface area contributed by atoms with Gasteiger partial charge in [0.25, 0.3) is 0 Å². The Morgan fingerprint density at radius 3 is 1.94 bits per heavy atom. The van der Waals surface area contributed by atoms with Gasteiger partial charge < -0.3 is 9.80 Å². The van der Waals surface area contributed by atoms with Crippen LogP contribution in [0, 0.1) is 0 Å². The van der Waals surface area contributed by atoms with E-state index in [4.69, 9.17) is 0 Å². The second-order valence-electron chi connectivity index (χ2n) is 8.08. The molecular formula is C23H27N3O4S. The SMILES string of the molecule is O=C1C(=O)N(C2CCN(S(=O)(=O)Cc3ccccc3)CC2)CCN1Cc1ccccc1. The summed E-state index contributed by atoms with van der Waals surface area (Å²) in [7, 11) is -3.40. The summed E-state index contributed by atoms with van der Waals surface area (Å²) in [5.41, 5.74) is 1.76. The fourth-order valence-corrected chi connectivity index (χ4v) is 5.86. The van der Waals surface area contributed by atoms with Crippen LogP contribution in [0.25, 0.3) is 0 Å². The highest BCUT2D eigenvalue weighted by molar-refractivity contribution is 7.88. The number of hydrogen-bond acceptors (Lipinski definition) is 4. The van der Waals surface area contributed by atoms with Crippen molar-refractivity contribution in [3.05, 3.63) is 71.8 Å². The molecule has 0 N–H and O–H groups in total. The summed E-state index contributed by atoms with van der Waals surface area (Å²) in [5.74, 6) is -0.976. The van der Waals surface area contributed by atoms with Gasteiger partial charge in [-0.15, -0.1) is 0 Å². The Hall–Kier alpha value is -2.71. The van der Waals surface area contributed by atoms with Crippen molar-refractivity contribution in [3.8, 4) is 0 Å². The van der Waals surface area contributed by atoms with Gasteiger partial charge in [-0.2, -0.15) is 0 Å². The van der Waals surface area contributed by atoms with Crippen molar-refractivity contribution in [2.75, 3.05) is 26.2 Å². The van der Waals surface area contributed by atoms with E-state index < -0.39 is 21.8 Å². The summed E-state index contributed by atoms with van der Waals surface area (Å²) < 4.78 is 27.0. The van der Waals surface area contributed by atoms with Crippen LogP contribution in [0.15, 0.2) is 60.7 Å². The number of amides is 2. The minimum Gasteiger partial charge on any atom is -0.330 e. The van der Waals surface area contributed by atoms with Crippen LogP contribution in [0.4, 0.5) is 0 Å². The Morgan fingerprint density at radius 2 is 1.32 bits per heavy atom. The summed E-state index contributed by atoms with van der Waals surface area (Å²) >= 11 is 0. The molecule has 0 saturated carbocycles. The van der Waals surface area contributed by atoms with Gasteiger partial charge in [0.2, 0.25) is 10.0 Å². The van der Waals surface area contributed by atoms with E-state index in [0.29, 0.717) is 45.6 Å². The molecule has 2 amide bonds. The Morgan fingerprint density at radius 1 is 0.742 bits per heavy atom. The van der Waals surface area contributed by atoms with Gasteiger partial charge >= 0.3 is 11.8 Å². The van der Waals surface area contributed by atoms with Crippen LogP contribution < -0.4 is 0 Å². The normalized spacial score (nSPS) is 19.1. The van der Waals surface area contributed by atoms with Crippen molar-refractivity contribution >= 4 is 21.8 Å². The zero-order chi connectivity index (χ0) is 21.8. The molecule has 4 rings (SSSR count). The second-order valence-corrected chi connectivity index (χ2v) is 10.1. The van der Waals surface area contributed by atoms with Crippen LogP contribution >= 0.6 is 0 Å². The molecule has 0 aromatic heterocycles. The molecule has 0 atom stereocenters. The van der Waals surface area contributed by atoms with Crippen LogP contribution in [0.5, 0.6) is 0 Å². The monoisotopic (exact) mass is 441 g/mol. The maximum atomic E-state index is 12.8. The van der Waals surface area contributed by atoms with Crippen molar-refractivity contribution in [3.63, 3.8) is 0 Å². The molecule has 2 aliphatic rings. The van der Waals surface area contributed by atoms with Gasteiger partial charge in [-0.1, -0.05) is 60.7 Å². The molecule has 31 heavy (non-hydrogen) atoms. The summed E-state index contributed by atoms with van der Waals surface area (Å²) in [4.78, 5) is 28.6. The predicted octanol–water partition coefficient (Wildman–Crippen LogP) is 1.85. The lowest BCUT2D eigenvalue weighted by Crippen LogP contribution is -2.59. The maximum Gasteiger partial charge on any atom is 0.312 e. The quantitative estimate of drug-likeness (QED) is 0.641. The van der Waals surface area contributed by atoms with Crippen LogP contribution in [-0.4, -0.2) is 66.6 Å². The third kappa shape index (κ3) is 4.97. The lowest BCUT2D eigenvalue weighted by molar-refractivity contribution is -0.158. The van der Waals surface area contributed by atoms with Crippen molar-refractivity contribution in [1.82, 2.24) is 14.1 Å². The average Bonchev–Trinajstić information content (AvgIpc) is 2.78. The van der Waals surface area contributed by atoms with Gasteiger partial charge in [-0.05, 0) is 24.0 Å².